The monoisotopic (exact) mass is 494 g/mol. The number of aliphatic hydroxyl groups excluding tert-OH is 4. The quantitative estimate of drug-likeness (QED) is 0.181. The lowest BCUT2D eigenvalue weighted by atomic mass is 10.1. The predicted molar refractivity (Wildman–Crippen MR) is 118 cm³/mol. The number of benzene rings is 1. The Morgan fingerprint density at radius 3 is 1.38 bits per heavy atom. The lowest BCUT2D eigenvalue weighted by Crippen LogP contribution is -2.03. The largest absolute Gasteiger partial charge is 0.481 e. The molecule has 0 aliphatic rings. The number of carboxylic acids is 4. The number of aliphatic carboxylic acids is 2. The Balaban J connectivity index is -0.000000397. The number of hydrogen-bond acceptors (Lipinski definition) is 9. The van der Waals surface area contributed by atoms with E-state index in [-0.39, 0.29) is 43.8 Å². The van der Waals surface area contributed by atoms with Gasteiger partial charge in [0, 0.05) is 12.8 Å². The Labute approximate surface area is 196 Å². The Kier molecular flexibility index (Phi) is 25.6. The van der Waals surface area contributed by atoms with Crippen LogP contribution >= 0.6 is 0 Å². The number of hydrogen-bond donors (Lipinski definition) is 8. The molecule has 0 aliphatic carbocycles. The van der Waals surface area contributed by atoms with Crippen LogP contribution in [0.25, 0.3) is 0 Å². The molecule has 1 aromatic rings. The van der Waals surface area contributed by atoms with Gasteiger partial charge in [-0.2, -0.15) is 0 Å². The summed E-state index contributed by atoms with van der Waals surface area (Å²) < 4.78 is 4.63. The van der Waals surface area contributed by atoms with Gasteiger partial charge in [-0.25, -0.2) is 9.59 Å². The zero-order valence-corrected chi connectivity index (χ0v) is 18.9. The third-order valence-electron chi connectivity index (χ3n) is 3.12. The van der Waals surface area contributed by atoms with Gasteiger partial charge in [0.1, 0.15) is 0 Å². The highest BCUT2D eigenvalue weighted by Gasteiger charge is 2.06. The maximum atomic E-state index is 10.4. The first-order valence-corrected chi connectivity index (χ1v) is 10.0. The lowest BCUT2D eigenvalue weighted by molar-refractivity contribution is -0.139. The molecule has 1 atom stereocenters. The second kappa shape index (κ2) is 24.5. The summed E-state index contributed by atoms with van der Waals surface area (Å²) in [6, 6.07) is 5.20. The summed E-state index contributed by atoms with van der Waals surface area (Å²) >= 11 is 0. The van der Waals surface area contributed by atoms with Crippen LogP contribution in [0.2, 0.25) is 0 Å². The molecule has 0 saturated heterocycles. The molecule has 13 heteroatoms. The van der Waals surface area contributed by atoms with Gasteiger partial charge in [0.05, 0.1) is 50.3 Å². The highest BCUT2D eigenvalue weighted by atomic mass is 16.5. The van der Waals surface area contributed by atoms with Gasteiger partial charge >= 0.3 is 23.9 Å². The molecular formula is C21H34O13. The second-order valence-electron chi connectivity index (χ2n) is 6.28. The molecular weight excluding hydrogens is 460 g/mol. The van der Waals surface area contributed by atoms with E-state index in [2.05, 4.69) is 4.74 Å². The van der Waals surface area contributed by atoms with Crippen LogP contribution in [0.15, 0.2) is 24.3 Å². The molecule has 1 aromatic carbocycles. The van der Waals surface area contributed by atoms with E-state index in [0.717, 1.165) is 6.07 Å². The van der Waals surface area contributed by atoms with Crippen LogP contribution in [-0.2, 0) is 14.3 Å². The lowest BCUT2D eigenvalue weighted by Gasteiger charge is -1.95. The fourth-order valence-corrected chi connectivity index (χ4v) is 1.57. The van der Waals surface area contributed by atoms with Crippen molar-refractivity contribution in [2.45, 2.75) is 38.7 Å². The van der Waals surface area contributed by atoms with Crippen LogP contribution in [0.5, 0.6) is 0 Å². The van der Waals surface area contributed by atoms with Crippen molar-refractivity contribution in [2.24, 2.45) is 0 Å². The molecule has 0 radical (unpaired) electrons. The normalized spacial score (nSPS) is 10.1. The van der Waals surface area contributed by atoms with Crippen molar-refractivity contribution in [3.63, 3.8) is 0 Å². The predicted octanol–water partition coefficient (Wildman–Crippen LogP) is 0.146. The Morgan fingerprint density at radius 1 is 0.794 bits per heavy atom. The zero-order valence-electron chi connectivity index (χ0n) is 18.9. The minimum absolute atomic E-state index is 0.0186. The second-order valence-corrected chi connectivity index (χ2v) is 6.28. The maximum Gasteiger partial charge on any atom is 0.335 e. The average Bonchev–Trinajstić information content (AvgIpc) is 2.78. The van der Waals surface area contributed by atoms with E-state index in [1.807, 2.05) is 0 Å². The summed E-state index contributed by atoms with van der Waals surface area (Å²) in [7, 11) is 0. The van der Waals surface area contributed by atoms with E-state index in [9.17, 15) is 19.2 Å². The smallest absolute Gasteiger partial charge is 0.335 e. The summed E-state index contributed by atoms with van der Waals surface area (Å²) in [6.45, 7) is 2.08. The fraction of sp³-hybridized carbons (Fsp3) is 0.524. The molecule has 13 nitrogen and oxygen atoms in total. The molecule has 0 bridgehead atoms. The van der Waals surface area contributed by atoms with Crippen LogP contribution in [0.3, 0.4) is 0 Å². The summed E-state index contributed by atoms with van der Waals surface area (Å²) in [5.41, 5.74) is -0.0372. The van der Waals surface area contributed by atoms with Crippen molar-refractivity contribution < 1.29 is 64.8 Å². The highest BCUT2D eigenvalue weighted by Crippen LogP contribution is 2.04. The number of aromatic carboxylic acids is 2. The van der Waals surface area contributed by atoms with Crippen LogP contribution < -0.4 is 0 Å². The molecule has 0 heterocycles. The maximum absolute atomic E-state index is 10.4. The number of aliphatic hydroxyl groups is 4. The van der Waals surface area contributed by atoms with Gasteiger partial charge in [-0.15, -0.1) is 0 Å². The molecule has 0 aliphatic heterocycles. The molecule has 1 rings (SSSR count). The van der Waals surface area contributed by atoms with Crippen molar-refractivity contribution in [3.05, 3.63) is 35.4 Å². The summed E-state index contributed by atoms with van der Waals surface area (Å²) in [5.74, 6) is -3.99. The fourth-order valence-electron chi connectivity index (χ4n) is 1.57. The molecule has 0 spiro atoms. The first-order chi connectivity index (χ1) is 15.9. The molecule has 0 amide bonds. The first kappa shape index (κ1) is 35.5. The number of rotatable bonds is 12. The van der Waals surface area contributed by atoms with Crippen LogP contribution in [0, 0.1) is 0 Å². The number of carboxylic acid groups (broad SMARTS) is 4. The van der Waals surface area contributed by atoms with E-state index >= 15 is 0 Å². The van der Waals surface area contributed by atoms with Crippen molar-refractivity contribution in [2.75, 3.05) is 33.0 Å². The van der Waals surface area contributed by atoms with Crippen molar-refractivity contribution in [3.8, 4) is 0 Å². The topological polar surface area (TPSA) is 239 Å². The van der Waals surface area contributed by atoms with Crippen LogP contribution in [-0.4, -0.2) is 104 Å². The molecule has 8 N–H and O–H groups in total. The third kappa shape index (κ3) is 28.9. The van der Waals surface area contributed by atoms with Gasteiger partial charge in [0.2, 0.25) is 0 Å². The van der Waals surface area contributed by atoms with Crippen molar-refractivity contribution >= 4 is 23.9 Å². The van der Waals surface area contributed by atoms with E-state index in [1.165, 1.54) is 25.1 Å². The average molecular weight is 494 g/mol. The van der Waals surface area contributed by atoms with Crippen LogP contribution in [0.4, 0.5) is 0 Å². The Morgan fingerprint density at radius 2 is 1.15 bits per heavy atom. The summed E-state index contributed by atoms with van der Waals surface area (Å²) in [5, 5.41) is 65.4. The van der Waals surface area contributed by atoms with E-state index in [1.54, 1.807) is 0 Å². The standard InChI is InChI=1S/C8H6O4.C6H10O4.C4H10O3.C3H8O2/c9-7(10)5-2-1-3-6(4-5)8(11)12;7-5(8)3-1-2-4-6(9)10;5-1-3-7-4-2-6;1-3(5)2-4/h1-4H,(H,9,10)(H,11,12);1-4H2,(H,7,8)(H,9,10);5-6H,1-4H2;3-5H,2H2,1H3. The molecule has 0 fully saturated rings. The Bertz CT molecular complexity index is 640. The molecule has 0 saturated carbocycles. The van der Waals surface area contributed by atoms with Gasteiger partial charge in [0.25, 0.3) is 0 Å². The van der Waals surface area contributed by atoms with E-state index in [4.69, 9.17) is 40.9 Å². The minimum atomic E-state index is -1.13. The third-order valence-corrected chi connectivity index (χ3v) is 3.12. The number of unbranched alkanes of at least 4 members (excludes halogenated alkanes) is 1. The number of ether oxygens (including phenoxy) is 1. The summed E-state index contributed by atoms with van der Waals surface area (Å²) in [4.78, 5) is 40.6. The molecule has 196 valence electrons. The molecule has 1 unspecified atom stereocenters. The summed E-state index contributed by atoms with van der Waals surface area (Å²) in [6.07, 6.45) is 0.457. The first-order valence-electron chi connectivity index (χ1n) is 10.0. The molecule has 34 heavy (non-hydrogen) atoms. The zero-order chi connectivity index (χ0) is 26.9. The Hall–Kier alpha value is -3.10. The number of carbonyl (C=O) groups is 4. The van der Waals surface area contributed by atoms with Crippen LogP contribution in [0.1, 0.15) is 53.3 Å². The van der Waals surface area contributed by atoms with Gasteiger partial charge in [-0.3, -0.25) is 9.59 Å². The SMILES string of the molecule is CC(O)CO.O=C(O)CCCCC(=O)O.O=C(O)c1cccc(C(=O)O)c1.OCCOCCO. The van der Waals surface area contributed by atoms with Crippen molar-refractivity contribution in [1.82, 2.24) is 0 Å². The van der Waals surface area contributed by atoms with E-state index in [0.29, 0.717) is 26.1 Å². The van der Waals surface area contributed by atoms with Gasteiger partial charge in [0.15, 0.2) is 0 Å². The van der Waals surface area contributed by atoms with Gasteiger partial charge in [-0.1, -0.05) is 6.07 Å². The molecule has 0 aromatic heterocycles. The minimum Gasteiger partial charge on any atom is -0.481 e. The highest BCUT2D eigenvalue weighted by molar-refractivity contribution is 5.93. The van der Waals surface area contributed by atoms with Gasteiger partial charge in [-0.05, 0) is 38.0 Å². The van der Waals surface area contributed by atoms with E-state index < -0.39 is 30.0 Å². The van der Waals surface area contributed by atoms with Gasteiger partial charge < -0.3 is 45.6 Å². The van der Waals surface area contributed by atoms with Crippen molar-refractivity contribution in [1.29, 1.82) is 0 Å².